The lowest BCUT2D eigenvalue weighted by Gasteiger charge is -2.10. The van der Waals surface area contributed by atoms with E-state index < -0.39 is 12.3 Å². The normalized spacial score (nSPS) is 11.8. The zero-order chi connectivity index (χ0) is 8.15. The van der Waals surface area contributed by atoms with Gasteiger partial charge in [0.15, 0.2) is 0 Å². The van der Waals surface area contributed by atoms with Crippen LogP contribution in [0.4, 0.5) is 4.79 Å². The van der Waals surface area contributed by atoms with E-state index in [1.54, 1.807) is 0 Å². The molecule has 0 radical (unpaired) electrons. The molecule has 10 heavy (non-hydrogen) atoms. The van der Waals surface area contributed by atoms with Crippen LogP contribution in [0.3, 0.4) is 0 Å². The van der Waals surface area contributed by atoms with Gasteiger partial charge in [-0.15, -0.1) is 0 Å². The number of amides is 2. The molecule has 0 bridgehead atoms. The summed E-state index contributed by atoms with van der Waals surface area (Å²) in [5, 5.41) is 12.5. The van der Waals surface area contributed by atoms with Crippen molar-refractivity contribution in [3.8, 4) is 0 Å². The fraction of sp³-hybridized carbons (Fsp3) is 0.600. The second kappa shape index (κ2) is 3.71. The molecule has 5 nitrogen and oxygen atoms in total. The molecule has 1 unspecified atom stereocenters. The molecule has 0 heterocycles. The fourth-order valence-electron chi connectivity index (χ4n) is 0.526. The highest BCUT2D eigenvalue weighted by Crippen LogP contribution is 1.73. The van der Waals surface area contributed by atoms with E-state index in [-0.39, 0.29) is 5.91 Å². The molecule has 0 fully saturated rings. The minimum atomic E-state index is -1.15. The van der Waals surface area contributed by atoms with Crippen LogP contribution in [0.1, 0.15) is 13.8 Å². The lowest BCUT2D eigenvalue weighted by molar-refractivity contribution is -0.119. The van der Waals surface area contributed by atoms with Gasteiger partial charge in [0.2, 0.25) is 5.91 Å². The average molecular weight is 146 g/mol. The van der Waals surface area contributed by atoms with Crippen molar-refractivity contribution in [2.24, 2.45) is 0 Å². The van der Waals surface area contributed by atoms with E-state index in [4.69, 9.17) is 5.11 Å². The summed E-state index contributed by atoms with van der Waals surface area (Å²) in [7, 11) is 0. The lowest BCUT2D eigenvalue weighted by atomic mass is 10.5. The van der Waals surface area contributed by atoms with Gasteiger partial charge in [0, 0.05) is 6.92 Å². The van der Waals surface area contributed by atoms with E-state index in [1.165, 1.54) is 13.8 Å². The Bertz CT molecular complexity index is 130. The first-order chi connectivity index (χ1) is 4.52. The number of carboxylic acid groups (broad SMARTS) is 1. The first kappa shape index (κ1) is 8.74. The molecule has 3 N–H and O–H groups in total. The van der Waals surface area contributed by atoms with Crippen LogP contribution in [0.2, 0.25) is 0 Å². The third-order valence-electron chi connectivity index (χ3n) is 0.760. The highest BCUT2D eigenvalue weighted by molar-refractivity contribution is 5.74. The standard InChI is InChI=1S/C5H10N2O3/c1-3(6-4(2)8)7-5(9)10/h3,7H,1-2H3,(H,6,8)(H,9,10). The van der Waals surface area contributed by atoms with E-state index in [0.29, 0.717) is 0 Å². The number of hydrogen-bond donors (Lipinski definition) is 3. The Morgan fingerprint density at radius 1 is 1.40 bits per heavy atom. The Morgan fingerprint density at radius 2 is 1.90 bits per heavy atom. The molecule has 0 saturated heterocycles. The van der Waals surface area contributed by atoms with E-state index in [9.17, 15) is 9.59 Å². The smallest absolute Gasteiger partial charge is 0.406 e. The van der Waals surface area contributed by atoms with Crippen LogP contribution in [0.15, 0.2) is 0 Å². The minimum Gasteiger partial charge on any atom is -0.465 e. The van der Waals surface area contributed by atoms with Crippen LogP contribution in [0.25, 0.3) is 0 Å². The quantitative estimate of drug-likeness (QED) is 0.469. The van der Waals surface area contributed by atoms with Crippen LogP contribution >= 0.6 is 0 Å². The van der Waals surface area contributed by atoms with E-state index in [0.717, 1.165) is 0 Å². The molecular formula is C5H10N2O3. The molecule has 0 spiro atoms. The van der Waals surface area contributed by atoms with E-state index >= 15 is 0 Å². The molecule has 2 amide bonds. The molecule has 0 aromatic carbocycles. The van der Waals surface area contributed by atoms with Crippen LogP contribution in [-0.2, 0) is 4.79 Å². The summed E-state index contributed by atoms with van der Waals surface area (Å²) in [5.74, 6) is -0.263. The van der Waals surface area contributed by atoms with Gasteiger partial charge in [0.25, 0.3) is 0 Å². The van der Waals surface area contributed by atoms with Crippen molar-refractivity contribution in [3.63, 3.8) is 0 Å². The molecule has 58 valence electrons. The van der Waals surface area contributed by atoms with Crippen LogP contribution < -0.4 is 10.6 Å². The van der Waals surface area contributed by atoms with Gasteiger partial charge in [-0.2, -0.15) is 0 Å². The maximum absolute atomic E-state index is 10.3. The second-order valence-corrected chi connectivity index (χ2v) is 1.87. The molecular weight excluding hydrogens is 136 g/mol. The molecule has 0 aliphatic carbocycles. The minimum absolute atomic E-state index is 0.263. The maximum Gasteiger partial charge on any atom is 0.406 e. The van der Waals surface area contributed by atoms with Gasteiger partial charge in [0.05, 0.1) is 0 Å². The summed E-state index contributed by atoms with van der Waals surface area (Å²) in [4.78, 5) is 20.2. The number of rotatable bonds is 2. The largest absolute Gasteiger partial charge is 0.465 e. The summed E-state index contributed by atoms with van der Waals surface area (Å²) < 4.78 is 0. The maximum atomic E-state index is 10.3. The molecule has 0 aromatic heterocycles. The summed E-state index contributed by atoms with van der Waals surface area (Å²) in [5.41, 5.74) is 0. The molecule has 1 atom stereocenters. The van der Waals surface area contributed by atoms with Gasteiger partial charge >= 0.3 is 6.09 Å². The molecule has 0 rings (SSSR count). The summed E-state index contributed by atoms with van der Waals surface area (Å²) >= 11 is 0. The Balaban J connectivity index is 3.53. The molecule has 5 heteroatoms. The van der Waals surface area contributed by atoms with Crippen molar-refractivity contribution in [1.82, 2.24) is 10.6 Å². The number of nitrogens with one attached hydrogen (secondary N) is 2. The summed E-state index contributed by atoms with van der Waals surface area (Å²) in [6.07, 6.45) is -1.68. The molecule has 0 aliphatic rings. The van der Waals surface area contributed by atoms with Gasteiger partial charge in [-0.25, -0.2) is 4.79 Å². The van der Waals surface area contributed by atoms with E-state index in [2.05, 4.69) is 10.6 Å². The van der Waals surface area contributed by atoms with Crippen molar-refractivity contribution in [1.29, 1.82) is 0 Å². The van der Waals surface area contributed by atoms with Crippen molar-refractivity contribution >= 4 is 12.0 Å². The van der Waals surface area contributed by atoms with Crippen LogP contribution in [0.5, 0.6) is 0 Å². The number of carbonyl (C=O) groups is 2. The SMILES string of the molecule is CC(=O)NC(C)NC(=O)O. The van der Waals surface area contributed by atoms with Gasteiger partial charge < -0.3 is 15.7 Å². The third kappa shape index (κ3) is 4.89. The zero-order valence-electron chi connectivity index (χ0n) is 5.84. The molecule has 0 aliphatic heterocycles. The lowest BCUT2D eigenvalue weighted by Crippen LogP contribution is -2.44. The van der Waals surface area contributed by atoms with Gasteiger partial charge in [0.1, 0.15) is 6.17 Å². The average Bonchev–Trinajstić information content (AvgIpc) is 1.58. The third-order valence-corrected chi connectivity index (χ3v) is 0.760. The first-order valence-electron chi connectivity index (χ1n) is 2.79. The van der Waals surface area contributed by atoms with Crippen LogP contribution in [-0.4, -0.2) is 23.3 Å². The Morgan fingerprint density at radius 3 is 2.20 bits per heavy atom. The topological polar surface area (TPSA) is 78.4 Å². The molecule has 0 aromatic rings. The fourth-order valence-corrected chi connectivity index (χ4v) is 0.526. The summed E-state index contributed by atoms with van der Waals surface area (Å²) in [6.45, 7) is 2.86. The number of hydrogen-bond acceptors (Lipinski definition) is 2. The Hall–Kier alpha value is -1.26. The van der Waals surface area contributed by atoms with Crippen molar-refractivity contribution in [3.05, 3.63) is 0 Å². The second-order valence-electron chi connectivity index (χ2n) is 1.87. The zero-order valence-corrected chi connectivity index (χ0v) is 5.84. The Labute approximate surface area is 58.4 Å². The predicted molar refractivity (Wildman–Crippen MR) is 34.4 cm³/mol. The van der Waals surface area contributed by atoms with Crippen molar-refractivity contribution in [2.75, 3.05) is 0 Å². The van der Waals surface area contributed by atoms with Crippen molar-refractivity contribution < 1.29 is 14.7 Å². The first-order valence-corrected chi connectivity index (χ1v) is 2.79. The highest BCUT2D eigenvalue weighted by Gasteiger charge is 2.03. The van der Waals surface area contributed by atoms with Crippen molar-refractivity contribution in [2.45, 2.75) is 20.0 Å². The monoisotopic (exact) mass is 146 g/mol. The van der Waals surface area contributed by atoms with Gasteiger partial charge in [-0.1, -0.05) is 0 Å². The predicted octanol–water partition coefficient (Wildman–Crippen LogP) is -0.264. The van der Waals surface area contributed by atoms with Crippen LogP contribution in [0, 0.1) is 0 Å². The van der Waals surface area contributed by atoms with Gasteiger partial charge in [-0.3, -0.25) is 4.79 Å². The Kier molecular flexibility index (Phi) is 3.24. The molecule has 0 saturated carbocycles. The van der Waals surface area contributed by atoms with Gasteiger partial charge in [-0.05, 0) is 6.92 Å². The summed E-state index contributed by atoms with van der Waals surface area (Å²) in [6, 6.07) is 0. The number of carbonyl (C=O) groups excluding carboxylic acids is 1. The highest BCUT2D eigenvalue weighted by atomic mass is 16.4. The van der Waals surface area contributed by atoms with E-state index in [1.807, 2.05) is 0 Å².